The van der Waals surface area contributed by atoms with Gasteiger partial charge in [-0.05, 0) is 48.4 Å². The molecule has 2 heteroatoms. The maximum absolute atomic E-state index is 9.00. The molecule has 2 rings (SSSR count). The first-order valence-electron chi connectivity index (χ1n) is 6.89. The molecule has 3 atom stereocenters. The van der Waals surface area contributed by atoms with Crippen molar-refractivity contribution in [1.29, 1.82) is 5.26 Å². The molecule has 3 unspecified atom stereocenters. The predicted octanol–water partition coefficient (Wildman–Crippen LogP) is 3.44. The minimum atomic E-state index is 0.324. The van der Waals surface area contributed by atoms with E-state index < -0.39 is 0 Å². The van der Waals surface area contributed by atoms with Crippen LogP contribution in [0.1, 0.15) is 50.7 Å². The van der Waals surface area contributed by atoms with Crippen molar-refractivity contribution in [3.8, 4) is 6.07 Å². The average Bonchev–Trinajstić information content (AvgIpc) is 2.42. The molecule has 1 fully saturated rings. The molecule has 1 aromatic rings. The second-order valence-electron chi connectivity index (χ2n) is 5.50. The van der Waals surface area contributed by atoms with Crippen LogP contribution in [-0.2, 0) is 0 Å². The van der Waals surface area contributed by atoms with E-state index in [1.807, 2.05) is 12.1 Å². The summed E-state index contributed by atoms with van der Waals surface area (Å²) in [5, 5.41) is 12.6. The average molecular weight is 242 g/mol. The molecule has 2 nitrogen and oxygen atoms in total. The van der Waals surface area contributed by atoms with Gasteiger partial charge in [0.15, 0.2) is 0 Å². The molecule has 1 aromatic carbocycles. The molecule has 0 aliphatic heterocycles. The van der Waals surface area contributed by atoms with Crippen LogP contribution in [0.2, 0.25) is 0 Å². The van der Waals surface area contributed by atoms with Crippen molar-refractivity contribution in [3.05, 3.63) is 35.4 Å². The first-order valence-corrected chi connectivity index (χ1v) is 6.89. The van der Waals surface area contributed by atoms with Gasteiger partial charge < -0.3 is 5.32 Å². The number of hydrogen-bond donors (Lipinski definition) is 1. The number of benzene rings is 1. The van der Waals surface area contributed by atoms with E-state index in [0.717, 1.165) is 12.1 Å². The molecule has 1 N–H and O–H groups in total. The number of hydrogen-bond acceptors (Lipinski definition) is 2. The summed E-state index contributed by atoms with van der Waals surface area (Å²) in [6.45, 7) is 7.84. The molecular weight excluding hydrogens is 220 g/mol. The summed E-state index contributed by atoms with van der Waals surface area (Å²) >= 11 is 0. The van der Waals surface area contributed by atoms with E-state index in [1.54, 1.807) is 0 Å². The summed E-state index contributed by atoms with van der Waals surface area (Å²) in [7, 11) is 0. The zero-order chi connectivity index (χ0) is 13.2. The number of rotatable bonds is 4. The SMILES string of the molecule is CCNC1CC(c2cccc(C#N)c2)C1(C)CC. The molecule has 18 heavy (non-hydrogen) atoms. The molecular formula is C16H22N2. The third-order valence-corrected chi connectivity index (χ3v) is 4.69. The molecule has 0 saturated heterocycles. The van der Waals surface area contributed by atoms with Crippen LogP contribution >= 0.6 is 0 Å². The third kappa shape index (κ3) is 2.04. The van der Waals surface area contributed by atoms with E-state index in [2.05, 4.69) is 44.3 Å². The van der Waals surface area contributed by atoms with Crippen molar-refractivity contribution in [3.63, 3.8) is 0 Å². The fourth-order valence-corrected chi connectivity index (χ4v) is 3.25. The van der Waals surface area contributed by atoms with E-state index in [9.17, 15) is 0 Å². The highest BCUT2D eigenvalue weighted by molar-refractivity contribution is 5.37. The summed E-state index contributed by atoms with van der Waals surface area (Å²) in [6, 6.07) is 11.0. The van der Waals surface area contributed by atoms with Gasteiger partial charge >= 0.3 is 0 Å². The highest BCUT2D eigenvalue weighted by Crippen LogP contribution is 2.54. The molecule has 0 aromatic heterocycles. The Kier molecular flexibility index (Phi) is 3.73. The van der Waals surface area contributed by atoms with E-state index in [1.165, 1.54) is 18.4 Å². The smallest absolute Gasteiger partial charge is 0.0991 e. The molecule has 0 heterocycles. The summed E-state index contributed by atoms with van der Waals surface area (Å²) < 4.78 is 0. The Hall–Kier alpha value is -1.33. The van der Waals surface area contributed by atoms with Gasteiger partial charge in [-0.1, -0.05) is 32.9 Å². The van der Waals surface area contributed by atoms with Crippen molar-refractivity contribution >= 4 is 0 Å². The summed E-state index contributed by atoms with van der Waals surface area (Å²) in [5.74, 6) is 0.583. The quantitative estimate of drug-likeness (QED) is 0.878. The Morgan fingerprint density at radius 2 is 2.22 bits per heavy atom. The lowest BCUT2D eigenvalue weighted by Crippen LogP contribution is -2.56. The fourth-order valence-electron chi connectivity index (χ4n) is 3.25. The molecule has 0 spiro atoms. The fraction of sp³-hybridized carbons (Fsp3) is 0.562. The lowest BCUT2D eigenvalue weighted by molar-refractivity contribution is 0.0455. The standard InChI is InChI=1S/C16H22N2/c1-4-16(3)14(10-15(16)18-5-2)13-8-6-7-12(9-13)11-17/h6-9,14-15,18H,4-5,10H2,1-3H3. The molecule has 1 aliphatic carbocycles. The second kappa shape index (κ2) is 5.12. The van der Waals surface area contributed by atoms with Crippen LogP contribution in [0.5, 0.6) is 0 Å². The van der Waals surface area contributed by atoms with Gasteiger partial charge in [-0.3, -0.25) is 0 Å². The minimum absolute atomic E-state index is 0.324. The Bertz CT molecular complexity index is 460. The Labute approximate surface area is 110 Å². The predicted molar refractivity (Wildman–Crippen MR) is 74.4 cm³/mol. The van der Waals surface area contributed by atoms with Gasteiger partial charge in [0.05, 0.1) is 11.6 Å². The lowest BCUT2D eigenvalue weighted by atomic mass is 9.54. The van der Waals surface area contributed by atoms with Crippen molar-refractivity contribution in [2.24, 2.45) is 5.41 Å². The van der Waals surface area contributed by atoms with Crippen LogP contribution in [-0.4, -0.2) is 12.6 Å². The van der Waals surface area contributed by atoms with Crippen molar-refractivity contribution < 1.29 is 0 Å². The first-order chi connectivity index (χ1) is 8.65. The van der Waals surface area contributed by atoms with Gasteiger partial charge in [-0.2, -0.15) is 5.26 Å². The van der Waals surface area contributed by atoms with Crippen LogP contribution in [0.4, 0.5) is 0 Å². The van der Waals surface area contributed by atoms with Gasteiger partial charge in [0, 0.05) is 6.04 Å². The van der Waals surface area contributed by atoms with Gasteiger partial charge in [0.2, 0.25) is 0 Å². The Balaban J connectivity index is 2.22. The van der Waals surface area contributed by atoms with Gasteiger partial charge in [0.25, 0.3) is 0 Å². The number of nitrogens with zero attached hydrogens (tertiary/aromatic N) is 1. The Morgan fingerprint density at radius 3 is 2.83 bits per heavy atom. The van der Waals surface area contributed by atoms with Crippen molar-refractivity contribution in [2.45, 2.75) is 45.6 Å². The molecule has 96 valence electrons. The summed E-state index contributed by atoms with van der Waals surface area (Å²) in [5.41, 5.74) is 2.43. The maximum Gasteiger partial charge on any atom is 0.0991 e. The lowest BCUT2D eigenvalue weighted by Gasteiger charge is -2.55. The topological polar surface area (TPSA) is 35.8 Å². The van der Waals surface area contributed by atoms with E-state index in [0.29, 0.717) is 17.4 Å². The van der Waals surface area contributed by atoms with Gasteiger partial charge in [-0.15, -0.1) is 0 Å². The van der Waals surface area contributed by atoms with Crippen molar-refractivity contribution in [2.75, 3.05) is 6.54 Å². The molecule has 1 aliphatic rings. The van der Waals surface area contributed by atoms with Gasteiger partial charge in [0.1, 0.15) is 0 Å². The van der Waals surface area contributed by atoms with Crippen LogP contribution < -0.4 is 5.32 Å². The van der Waals surface area contributed by atoms with Crippen LogP contribution in [0, 0.1) is 16.7 Å². The summed E-state index contributed by atoms with van der Waals surface area (Å²) in [4.78, 5) is 0. The molecule has 1 saturated carbocycles. The van der Waals surface area contributed by atoms with E-state index in [4.69, 9.17) is 5.26 Å². The highest BCUT2D eigenvalue weighted by Gasteiger charge is 2.50. The first kappa shape index (κ1) is 13.1. The minimum Gasteiger partial charge on any atom is -0.314 e. The third-order valence-electron chi connectivity index (χ3n) is 4.69. The molecule has 0 radical (unpaired) electrons. The highest BCUT2D eigenvalue weighted by atomic mass is 15.0. The van der Waals surface area contributed by atoms with Crippen LogP contribution in [0.25, 0.3) is 0 Å². The summed E-state index contributed by atoms with van der Waals surface area (Å²) in [6.07, 6.45) is 2.36. The van der Waals surface area contributed by atoms with E-state index in [-0.39, 0.29) is 0 Å². The largest absolute Gasteiger partial charge is 0.314 e. The Morgan fingerprint density at radius 1 is 1.44 bits per heavy atom. The second-order valence-corrected chi connectivity index (χ2v) is 5.50. The van der Waals surface area contributed by atoms with Crippen molar-refractivity contribution in [1.82, 2.24) is 5.32 Å². The van der Waals surface area contributed by atoms with Crippen LogP contribution in [0.15, 0.2) is 24.3 Å². The zero-order valence-electron chi connectivity index (χ0n) is 11.5. The number of nitriles is 1. The normalized spacial score (nSPS) is 30.6. The molecule has 0 amide bonds. The van der Waals surface area contributed by atoms with E-state index >= 15 is 0 Å². The number of nitrogens with one attached hydrogen (secondary N) is 1. The zero-order valence-corrected chi connectivity index (χ0v) is 11.5. The monoisotopic (exact) mass is 242 g/mol. The molecule has 0 bridgehead atoms. The van der Waals surface area contributed by atoms with Gasteiger partial charge in [-0.25, -0.2) is 0 Å². The van der Waals surface area contributed by atoms with Crippen LogP contribution in [0.3, 0.4) is 0 Å². The maximum atomic E-state index is 9.00.